The topological polar surface area (TPSA) is 77.4 Å². The molecule has 2 aliphatic heterocycles. The highest BCUT2D eigenvalue weighted by Gasteiger charge is 2.34. The van der Waals surface area contributed by atoms with Gasteiger partial charge in [-0.2, -0.15) is 5.10 Å². The number of hydrogen-bond donors (Lipinski definition) is 2. The van der Waals surface area contributed by atoms with Crippen LogP contribution in [0.3, 0.4) is 0 Å². The van der Waals surface area contributed by atoms with Crippen molar-refractivity contribution in [1.29, 1.82) is 0 Å². The van der Waals surface area contributed by atoms with Crippen molar-refractivity contribution < 1.29 is 14.3 Å². The fraction of sp³-hybridized carbons (Fsp3) is 0.259. The van der Waals surface area contributed by atoms with Crippen molar-refractivity contribution in [2.45, 2.75) is 31.8 Å². The first-order chi connectivity index (χ1) is 17.2. The van der Waals surface area contributed by atoms with Gasteiger partial charge in [0, 0.05) is 22.2 Å². The van der Waals surface area contributed by atoms with E-state index in [2.05, 4.69) is 10.6 Å². The van der Waals surface area contributed by atoms with Crippen LogP contribution in [0.2, 0.25) is 0 Å². The summed E-state index contributed by atoms with van der Waals surface area (Å²) in [6.45, 7) is 1.07. The minimum Gasteiger partial charge on any atom is -0.486 e. The number of hydrogen-bond acceptors (Lipinski definition) is 6. The number of carbonyl (C=O) groups excluding carboxylic acids is 1. The Kier molecular flexibility index (Phi) is 4.80. The van der Waals surface area contributed by atoms with Gasteiger partial charge in [-0.3, -0.25) is 4.79 Å². The van der Waals surface area contributed by atoms with Crippen molar-refractivity contribution in [3.63, 3.8) is 0 Å². The number of rotatable bonds is 3. The van der Waals surface area contributed by atoms with Gasteiger partial charge < -0.3 is 20.1 Å². The molecular weight excluding hydrogens is 460 g/mol. The number of anilines is 1. The predicted molar refractivity (Wildman–Crippen MR) is 135 cm³/mol. The Labute approximate surface area is 206 Å². The summed E-state index contributed by atoms with van der Waals surface area (Å²) in [4.78, 5) is 14.7. The SMILES string of the molecule is O=C1NC(c2cn(-c3ccccc3)nc2-c2ccc3c(c2)OCCO3)Nc2sc3c(c21)CCCC3. The summed E-state index contributed by atoms with van der Waals surface area (Å²) in [7, 11) is 0. The maximum Gasteiger partial charge on any atom is 0.256 e. The highest BCUT2D eigenvalue weighted by atomic mass is 32.1. The molecule has 0 spiro atoms. The van der Waals surface area contributed by atoms with Gasteiger partial charge in [-0.05, 0) is 61.6 Å². The van der Waals surface area contributed by atoms with Crippen LogP contribution in [0.25, 0.3) is 16.9 Å². The number of nitrogens with zero attached hydrogens (tertiary/aromatic N) is 2. The number of para-hydroxylation sites is 1. The molecule has 1 unspecified atom stereocenters. The van der Waals surface area contributed by atoms with Crippen LogP contribution in [0, 0.1) is 0 Å². The standard InChI is InChI=1S/C27H24N4O3S/c32-26-23-18-8-4-5-9-22(18)35-27(23)29-25(28-26)19-15-31(17-6-2-1-3-7-17)30-24(19)16-10-11-20-21(14-16)34-13-12-33-20/h1-3,6-7,10-11,14-15,25,29H,4-5,8-9,12-13H2,(H,28,32). The fourth-order valence-corrected chi connectivity index (χ4v) is 6.48. The number of aryl methyl sites for hydroxylation is 1. The molecule has 35 heavy (non-hydrogen) atoms. The normalized spacial score (nSPS) is 18.3. The third-order valence-corrected chi connectivity index (χ3v) is 8.06. The van der Waals surface area contributed by atoms with E-state index in [4.69, 9.17) is 14.6 Å². The van der Waals surface area contributed by atoms with Gasteiger partial charge in [0.15, 0.2) is 11.5 Å². The monoisotopic (exact) mass is 484 g/mol. The fourth-order valence-electron chi connectivity index (χ4n) is 5.16. The van der Waals surface area contributed by atoms with Gasteiger partial charge in [0.25, 0.3) is 5.91 Å². The van der Waals surface area contributed by atoms with Crippen molar-refractivity contribution in [2.24, 2.45) is 0 Å². The largest absolute Gasteiger partial charge is 0.486 e. The third-order valence-electron chi connectivity index (χ3n) is 6.84. The van der Waals surface area contributed by atoms with E-state index in [-0.39, 0.29) is 5.91 Å². The van der Waals surface area contributed by atoms with Crippen LogP contribution in [0.15, 0.2) is 54.7 Å². The summed E-state index contributed by atoms with van der Waals surface area (Å²) in [5.41, 5.74) is 5.60. The number of aromatic nitrogens is 2. The predicted octanol–water partition coefficient (Wildman–Crippen LogP) is 5.10. The molecule has 2 N–H and O–H groups in total. The first-order valence-corrected chi connectivity index (χ1v) is 12.8. The Morgan fingerprint density at radius 1 is 0.971 bits per heavy atom. The zero-order chi connectivity index (χ0) is 23.4. The Bertz CT molecular complexity index is 1440. The quantitative estimate of drug-likeness (QED) is 0.423. The third kappa shape index (κ3) is 3.47. The van der Waals surface area contributed by atoms with Gasteiger partial charge in [0.05, 0.1) is 11.3 Å². The Hall–Kier alpha value is -3.78. The van der Waals surface area contributed by atoms with Gasteiger partial charge in [-0.15, -0.1) is 11.3 Å². The van der Waals surface area contributed by atoms with Crippen molar-refractivity contribution in [1.82, 2.24) is 15.1 Å². The number of ether oxygens (including phenoxy) is 2. The van der Waals surface area contributed by atoms with Crippen LogP contribution >= 0.6 is 11.3 Å². The van der Waals surface area contributed by atoms with E-state index in [1.807, 2.05) is 59.4 Å². The number of amides is 1. The number of carbonyl (C=O) groups is 1. The van der Waals surface area contributed by atoms with Crippen LogP contribution < -0.4 is 20.1 Å². The number of thiophene rings is 1. The summed E-state index contributed by atoms with van der Waals surface area (Å²) in [6, 6.07) is 15.9. The number of benzene rings is 2. The van der Waals surface area contributed by atoms with Crippen LogP contribution in [0.4, 0.5) is 5.00 Å². The highest BCUT2D eigenvalue weighted by molar-refractivity contribution is 7.16. The molecule has 3 aliphatic rings. The lowest BCUT2D eigenvalue weighted by Gasteiger charge is -2.26. The molecule has 176 valence electrons. The van der Waals surface area contributed by atoms with Crippen LogP contribution in [-0.4, -0.2) is 28.9 Å². The second-order valence-electron chi connectivity index (χ2n) is 9.04. The molecular formula is C27H24N4O3S. The lowest BCUT2D eigenvalue weighted by Crippen LogP contribution is -2.38. The Balaban J connectivity index is 1.33. The van der Waals surface area contributed by atoms with E-state index in [0.717, 1.165) is 58.1 Å². The van der Waals surface area contributed by atoms with E-state index in [0.29, 0.717) is 19.0 Å². The summed E-state index contributed by atoms with van der Waals surface area (Å²) in [5.74, 6) is 1.44. The van der Waals surface area contributed by atoms with E-state index >= 15 is 0 Å². The minimum atomic E-state index is -0.393. The molecule has 1 amide bonds. The molecule has 0 radical (unpaired) electrons. The molecule has 0 saturated carbocycles. The molecule has 0 saturated heterocycles. The molecule has 0 fully saturated rings. The van der Waals surface area contributed by atoms with Crippen LogP contribution in [0.5, 0.6) is 11.5 Å². The maximum absolute atomic E-state index is 13.3. The van der Waals surface area contributed by atoms with Gasteiger partial charge >= 0.3 is 0 Å². The molecule has 4 heterocycles. The van der Waals surface area contributed by atoms with Crippen molar-refractivity contribution >= 4 is 22.2 Å². The summed E-state index contributed by atoms with van der Waals surface area (Å²) >= 11 is 1.73. The van der Waals surface area contributed by atoms with Gasteiger partial charge in [-0.1, -0.05) is 18.2 Å². The first kappa shape index (κ1) is 20.6. The number of fused-ring (bicyclic) bond motifs is 4. The smallest absolute Gasteiger partial charge is 0.256 e. The van der Waals surface area contributed by atoms with E-state index in [1.165, 1.54) is 16.9 Å². The lowest BCUT2D eigenvalue weighted by molar-refractivity contribution is 0.0935. The van der Waals surface area contributed by atoms with E-state index < -0.39 is 6.17 Å². The molecule has 2 aromatic heterocycles. The minimum absolute atomic E-state index is 0.0104. The average Bonchev–Trinajstić information content (AvgIpc) is 3.51. The summed E-state index contributed by atoms with van der Waals surface area (Å²) in [6.07, 6.45) is 5.98. The van der Waals surface area contributed by atoms with Gasteiger partial charge in [0.2, 0.25) is 0 Å². The van der Waals surface area contributed by atoms with Crippen LogP contribution in [0.1, 0.15) is 45.4 Å². The van der Waals surface area contributed by atoms with Crippen molar-refractivity contribution in [2.75, 3.05) is 18.5 Å². The van der Waals surface area contributed by atoms with E-state index in [1.54, 1.807) is 11.3 Å². The Morgan fingerprint density at radius 2 is 1.80 bits per heavy atom. The number of nitrogens with one attached hydrogen (secondary N) is 2. The zero-order valence-electron chi connectivity index (χ0n) is 19.0. The zero-order valence-corrected chi connectivity index (χ0v) is 19.9. The maximum atomic E-state index is 13.3. The van der Waals surface area contributed by atoms with Crippen molar-refractivity contribution in [3.05, 3.63) is 76.3 Å². The molecule has 8 heteroatoms. The second-order valence-corrected chi connectivity index (χ2v) is 10.1. The summed E-state index contributed by atoms with van der Waals surface area (Å²) < 4.78 is 13.4. The summed E-state index contributed by atoms with van der Waals surface area (Å²) in [5, 5.41) is 12.7. The average molecular weight is 485 g/mol. The van der Waals surface area contributed by atoms with E-state index in [9.17, 15) is 4.79 Å². The molecule has 4 aromatic rings. The Morgan fingerprint density at radius 3 is 2.69 bits per heavy atom. The molecule has 7 nitrogen and oxygen atoms in total. The molecule has 7 rings (SSSR count). The van der Waals surface area contributed by atoms with Crippen molar-refractivity contribution in [3.8, 4) is 28.4 Å². The molecule has 0 bridgehead atoms. The van der Waals surface area contributed by atoms with Gasteiger partial charge in [-0.25, -0.2) is 4.68 Å². The lowest BCUT2D eigenvalue weighted by atomic mass is 9.94. The molecule has 1 aliphatic carbocycles. The molecule has 2 aromatic carbocycles. The molecule has 1 atom stereocenters. The van der Waals surface area contributed by atoms with Gasteiger partial charge in [0.1, 0.15) is 30.1 Å². The highest BCUT2D eigenvalue weighted by Crippen LogP contribution is 2.43. The second kappa shape index (κ2) is 8.16. The first-order valence-electron chi connectivity index (χ1n) is 12.0. The van der Waals surface area contributed by atoms with Crippen LogP contribution in [-0.2, 0) is 12.8 Å².